The number of hydrogen-bond donors (Lipinski definition) is 0. The van der Waals surface area contributed by atoms with Crippen LogP contribution in [0, 0.1) is 11.7 Å². The minimum atomic E-state index is -3.55. The Hall–Kier alpha value is -0.460. The predicted molar refractivity (Wildman–Crippen MR) is 71.3 cm³/mol. The van der Waals surface area contributed by atoms with Crippen molar-refractivity contribution in [3.05, 3.63) is 28.5 Å². The standard InChI is InChI=1S/C12H15BrFNO2S/c1-9-4-6-15(7-5-9)18(16,17)10-2-3-11(13)12(14)8-10/h2-3,8-9H,4-7H2,1H3. The third-order valence-electron chi connectivity index (χ3n) is 3.27. The second-order valence-corrected chi connectivity index (χ2v) is 7.45. The Morgan fingerprint density at radius 1 is 1.33 bits per heavy atom. The summed E-state index contributed by atoms with van der Waals surface area (Å²) in [4.78, 5) is 0.0257. The quantitative estimate of drug-likeness (QED) is 0.833. The van der Waals surface area contributed by atoms with Crippen LogP contribution in [0.2, 0.25) is 0 Å². The van der Waals surface area contributed by atoms with Gasteiger partial charge in [0.2, 0.25) is 10.0 Å². The van der Waals surface area contributed by atoms with Crippen molar-refractivity contribution in [1.82, 2.24) is 4.31 Å². The summed E-state index contributed by atoms with van der Waals surface area (Å²) in [6.07, 6.45) is 1.72. The average molecular weight is 336 g/mol. The Bertz CT molecular complexity index is 539. The van der Waals surface area contributed by atoms with E-state index in [1.165, 1.54) is 16.4 Å². The van der Waals surface area contributed by atoms with E-state index in [4.69, 9.17) is 0 Å². The highest BCUT2D eigenvalue weighted by molar-refractivity contribution is 9.10. The van der Waals surface area contributed by atoms with Gasteiger partial charge in [0, 0.05) is 13.1 Å². The molecule has 100 valence electrons. The summed E-state index contributed by atoms with van der Waals surface area (Å²) in [6.45, 7) is 3.14. The van der Waals surface area contributed by atoms with Gasteiger partial charge in [-0.1, -0.05) is 6.92 Å². The number of hydrogen-bond acceptors (Lipinski definition) is 2. The Labute approximate surface area is 115 Å². The van der Waals surface area contributed by atoms with Gasteiger partial charge in [-0.25, -0.2) is 12.8 Å². The van der Waals surface area contributed by atoms with Gasteiger partial charge in [-0.3, -0.25) is 0 Å². The van der Waals surface area contributed by atoms with Crippen LogP contribution < -0.4 is 0 Å². The fourth-order valence-electron chi connectivity index (χ4n) is 2.01. The molecule has 0 aromatic heterocycles. The topological polar surface area (TPSA) is 37.4 Å². The van der Waals surface area contributed by atoms with Crippen LogP contribution in [0.4, 0.5) is 4.39 Å². The lowest BCUT2D eigenvalue weighted by Crippen LogP contribution is -2.37. The second kappa shape index (κ2) is 5.27. The summed E-state index contributed by atoms with van der Waals surface area (Å²) >= 11 is 3.02. The zero-order chi connectivity index (χ0) is 13.3. The summed E-state index contributed by atoms with van der Waals surface area (Å²) in [7, 11) is -3.55. The lowest BCUT2D eigenvalue weighted by Gasteiger charge is -2.29. The Morgan fingerprint density at radius 3 is 2.50 bits per heavy atom. The molecular formula is C12H15BrFNO2S. The monoisotopic (exact) mass is 335 g/mol. The van der Waals surface area contributed by atoms with Crippen LogP contribution in [0.25, 0.3) is 0 Å². The summed E-state index contributed by atoms with van der Waals surface area (Å²) in [5.41, 5.74) is 0. The van der Waals surface area contributed by atoms with E-state index >= 15 is 0 Å². The van der Waals surface area contributed by atoms with Crippen LogP contribution in [0.3, 0.4) is 0 Å². The van der Waals surface area contributed by atoms with Crippen molar-refractivity contribution in [1.29, 1.82) is 0 Å². The molecule has 0 bridgehead atoms. The van der Waals surface area contributed by atoms with Gasteiger partial charge in [-0.2, -0.15) is 4.31 Å². The van der Waals surface area contributed by atoms with Crippen molar-refractivity contribution in [3.8, 4) is 0 Å². The first kappa shape index (κ1) is 14.0. The summed E-state index contributed by atoms with van der Waals surface area (Å²) in [5, 5.41) is 0. The fourth-order valence-corrected chi connectivity index (χ4v) is 3.74. The highest BCUT2D eigenvalue weighted by Crippen LogP contribution is 2.25. The molecule has 1 saturated heterocycles. The van der Waals surface area contributed by atoms with Gasteiger partial charge in [0.25, 0.3) is 0 Å². The molecule has 0 N–H and O–H groups in total. The molecule has 6 heteroatoms. The van der Waals surface area contributed by atoms with Crippen LogP contribution in [0.15, 0.2) is 27.6 Å². The molecule has 1 aromatic carbocycles. The number of piperidine rings is 1. The lowest BCUT2D eigenvalue weighted by molar-refractivity contribution is 0.288. The van der Waals surface area contributed by atoms with Crippen molar-refractivity contribution in [2.24, 2.45) is 5.92 Å². The normalized spacial score (nSPS) is 19.1. The molecule has 0 atom stereocenters. The molecule has 0 radical (unpaired) electrons. The van der Waals surface area contributed by atoms with Crippen molar-refractivity contribution in [3.63, 3.8) is 0 Å². The third-order valence-corrected chi connectivity index (χ3v) is 5.81. The lowest BCUT2D eigenvalue weighted by atomic mass is 10.0. The molecule has 0 unspecified atom stereocenters. The molecule has 2 rings (SSSR count). The zero-order valence-electron chi connectivity index (χ0n) is 10.1. The molecule has 1 aliphatic rings. The highest BCUT2D eigenvalue weighted by atomic mass is 79.9. The summed E-state index contributed by atoms with van der Waals surface area (Å²) in [5.74, 6) is -0.000411. The van der Waals surface area contributed by atoms with Crippen LogP contribution in [-0.4, -0.2) is 25.8 Å². The number of halogens is 2. The molecule has 1 aromatic rings. The molecule has 0 spiro atoms. The van der Waals surface area contributed by atoms with Crippen LogP contribution in [0.1, 0.15) is 19.8 Å². The van der Waals surface area contributed by atoms with Crippen molar-refractivity contribution in [2.45, 2.75) is 24.7 Å². The molecule has 1 fully saturated rings. The molecule has 18 heavy (non-hydrogen) atoms. The van der Waals surface area contributed by atoms with Gasteiger partial charge in [0.15, 0.2) is 0 Å². The smallest absolute Gasteiger partial charge is 0.207 e. The molecule has 1 aliphatic heterocycles. The summed E-state index contributed by atoms with van der Waals surface area (Å²) in [6, 6.07) is 3.92. The number of rotatable bonds is 2. The van der Waals surface area contributed by atoms with Gasteiger partial charge in [-0.15, -0.1) is 0 Å². The number of nitrogens with zero attached hydrogens (tertiary/aromatic N) is 1. The van der Waals surface area contributed by atoms with Crippen LogP contribution in [-0.2, 0) is 10.0 Å². The molecule has 3 nitrogen and oxygen atoms in total. The first-order valence-electron chi connectivity index (χ1n) is 5.86. The number of sulfonamides is 1. The molecule has 1 heterocycles. The second-order valence-electron chi connectivity index (χ2n) is 4.66. The van der Waals surface area contributed by atoms with E-state index in [2.05, 4.69) is 22.9 Å². The minimum absolute atomic E-state index is 0.0257. The van der Waals surface area contributed by atoms with E-state index in [0.29, 0.717) is 19.0 Å². The molecular weight excluding hydrogens is 321 g/mol. The van der Waals surface area contributed by atoms with Gasteiger partial charge in [0.1, 0.15) is 5.82 Å². The largest absolute Gasteiger partial charge is 0.243 e. The maximum atomic E-state index is 13.4. The van der Waals surface area contributed by atoms with Crippen molar-refractivity contribution < 1.29 is 12.8 Å². The highest BCUT2D eigenvalue weighted by Gasteiger charge is 2.28. The average Bonchev–Trinajstić information content (AvgIpc) is 2.33. The zero-order valence-corrected chi connectivity index (χ0v) is 12.5. The first-order valence-corrected chi connectivity index (χ1v) is 8.10. The van der Waals surface area contributed by atoms with Gasteiger partial charge in [-0.05, 0) is 52.9 Å². The Morgan fingerprint density at radius 2 is 1.94 bits per heavy atom. The van der Waals surface area contributed by atoms with E-state index in [1.54, 1.807) is 0 Å². The molecule has 0 saturated carbocycles. The van der Waals surface area contributed by atoms with E-state index in [-0.39, 0.29) is 9.37 Å². The van der Waals surface area contributed by atoms with E-state index in [0.717, 1.165) is 18.9 Å². The van der Waals surface area contributed by atoms with Crippen molar-refractivity contribution >= 4 is 26.0 Å². The molecule has 0 aliphatic carbocycles. The van der Waals surface area contributed by atoms with Crippen molar-refractivity contribution in [2.75, 3.05) is 13.1 Å². The number of benzene rings is 1. The van der Waals surface area contributed by atoms with Gasteiger partial charge >= 0.3 is 0 Å². The van der Waals surface area contributed by atoms with E-state index < -0.39 is 15.8 Å². The van der Waals surface area contributed by atoms with Crippen LogP contribution in [0.5, 0.6) is 0 Å². The predicted octanol–water partition coefficient (Wildman–Crippen LogP) is 3.01. The summed E-state index contributed by atoms with van der Waals surface area (Å²) < 4.78 is 39.7. The Balaban J connectivity index is 2.27. The maximum absolute atomic E-state index is 13.4. The first-order chi connectivity index (χ1) is 8.41. The van der Waals surface area contributed by atoms with E-state index in [9.17, 15) is 12.8 Å². The van der Waals surface area contributed by atoms with Gasteiger partial charge < -0.3 is 0 Å². The fraction of sp³-hybridized carbons (Fsp3) is 0.500. The van der Waals surface area contributed by atoms with Gasteiger partial charge in [0.05, 0.1) is 9.37 Å². The SMILES string of the molecule is CC1CCN(S(=O)(=O)c2ccc(Br)c(F)c2)CC1. The Kier molecular flexibility index (Phi) is 4.08. The molecule has 0 amide bonds. The third kappa shape index (κ3) is 2.75. The van der Waals surface area contributed by atoms with Crippen LogP contribution >= 0.6 is 15.9 Å². The minimum Gasteiger partial charge on any atom is -0.207 e. The van der Waals surface area contributed by atoms with E-state index in [1.807, 2.05) is 0 Å². The maximum Gasteiger partial charge on any atom is 0.243 e.